The lowest BCUT2D eigenvalue weighted by molar-refractivity contribution is -0.121. The molecule has 0 radical (unpaired) electrons. The van der Waals surface area contributed by atoms with Crippen molar-refractivity contribution in [3.05, 3.63) is 35.0 Å². The van der Waals surface area contributed by atoms with Gasteiger partial charge in [-0.2, -0.15) is 5.10 Å². The molecule has 0 bridgehead atoms. The van der Waals surface area contributed by atoms with Gasteiger partial charge in [-0.15, -0.1) is 0 Å². The van der Waals surface area contributed by atoms with Crippen LogP contribution in [0.1, 0.15) is 41.9 Å². The Morgan fingerprint density at radius 3 is 3.00 bits per heavy atom. The van der Waals surface area contributed by atoms with Gasteiger partial charge in [0.05, 0.1) is 5.69 Å². The summed E-state index contributed by atoms with van der Waals surface area (Å²) in [6.07, 6.45) is 6.40. The smallest absolute Gasteiger partial charge is 0.222 e. The van der Waals surface area contributed by atoms with E-state index in [-0.39, 0.29) is 11.9 Å². The van der Waals surface area contributed by atoms with E-state index in [9.17, 15) is 4.79 Å². The first-order valence-electron chi connectivity index (χ1n) is 9.48. The van der Waals surface area contributed by atoms with Crippen LogP contribution in [-0.2, 0) is 24.2 Å². The van der Waals surface area contributed by atoms with Crippen LogP contribution in [0.15, 0.2) is 12.4 Å². The van der Waals surface area contributed by atoms with Crippen molar-refractivity contribution in [2.24, 2.45) is 0 Å². The van der Waals surface area contributed by atoms with Crippen LogP contribution in [0.5, 0.6) is 0 Å². The van der Waals surface area contributed by atoms with Crippen molar-refractivity contribution in [2.45, 2.75) is 58.5 Å². The van der Waals surface area contributed by atoms with Gasteiger partial charge in [-0.05, 0) is 45.6 Å². The molecular weight excluding hydrogens is 328 g/mol. The number of hydrogen-bond donors (Lipinski definition) is 1. The molecule has 0 spiro atoms. The molecule has 7 heteroatoms. The van der Waals surface area contributed by atoms with Crippen molar-refractivity contribution in [3.8, 4) is 0 Å². The maximum Gasteiger partial charge on any atom is 0.222 e. The van der Waals surface area contributed by atoms with Crippen LogP contribution in [0, 0.1) is 13.8 Å². The Kier molecular flexibility index (Phi) is 4.61. The Balaban J connectivity index is 1.31. The average Bonchev–Trinajstić information content (AvgIpc) is 3.32. The van der Waals surface area contributed by atoms with E-state index in [1.165, 1.54) is 17.7 Å². The molecule has 1 saturated heterocycles. The zero-order valence-corrected chi connectivity index (χ0v) is 15.5. The van der Waals surface area contributed by atoms with Crippen molar-refractivity contribution in [1.82, 2.24) is 25.1 Å². The second kappa shape index (κ2) is 7.05. The molecule has 2 aromatic rings. The van der Waals surface area contributed by atoms with Gasteiger partial charge in [-0.3, -0.25) is 9.48 Å². The van der Waals surface area contributed by atoms with Gasteiger partial charge in [-0.1, -0.05) is 0 Å². The van der Waals surface area contributed by atoms with Crippen LogP contribution < -0.4 is 10.2 Å². The lowest BCUT2D eigenvalue weighted by Crippen LogP contribution is -2.37. The van der Waals surface area contributed by atoms with E-state index in [4.69, 9.17) is 0 Å². The highest BCUT2D eigenvalue weighted by molar-refractivity contribution is 5.76. The van der Waals surface area contributed by atoms with E-state index in [1.54, 1.807) is 6.33 Å². The largest absolute Gasteiger partial charge is 0.354 e. The summed E-state index contributed by atoms with van der Waals surface area (Å²) >= 11 is 0. The minimum atomic E-state index is 0.0947. The van der Waals surface area contributed by atoms with Gasteiger partial charge in [0, 0.05) is 49.0 Å². The maximum absolute atomic E-state index is 12.3. The topological polar surface area (TPSA) is 75.9 Å². The summed E-state index contributed by atoms with van der Waals surface area (Å²) in [6.45, 7) is 6.38. The summed E-state index contributed by atoms with van der Waals surface area (Å²) in [5.41, 5.74) is 4.60. The summed E-state index contributed by atoms with van der Waals surface area (Å²) in [6, 6.07) is 2.22. The van der Waals surface area contributed by atoms with Crippen LogP contribution >= 0.6 is 0 Å². The molecule has 26 heavy (non-hydrogen) atoms. The number of fused-ring (bicyclic) bond motifs is 1. The molecule has 1 aliphatic carbocycles. The molecule has 1 unspecified atom stereocenters. The van der Waals surface area contributed by atoms with E-state index < -0.39 is 0 Å². The molecule has 1 N–H and O–H groups in total. The molecule has 0 aromatic carbocycles. The number of rotatable bonds is 5. The van der Waals surface area contributed by atoms with Crippen LogP contribution in [0.2, 0.25) is 0 Å². The average molecular weight is 354 g/mol. The molecule has 4 rings (SSSR count). The predicted molar refractivity (Wildman–Crippen MR) is 99.1 cm³/mol. The summed E-state index contributed by atoms with van der Waals surface area (Å²) in [4.78, 5) is 23.6. The highest BCUT2D eigenvalue weighted by atomic mass is 16.1. The second-order valence-corrected chi connectivity index (χ2v) is 7.38. The van der Waals surface area contributed by atoms with Gasteiger partial charge in [0.15, 0.2) is 0 Å². The van der Waals surface area contributed by atoms with Crippen molar-refractivity contribution in [1.29, 1.82) is 0 Å². The number of carbonyl (C=O) groups is 1. The number of aryl methyl sites for hydroxylation is 4. The monoisotopic (exact) mass is 354 g/mol. The number of hydrogen-bond acceptors (Lipinski definition) is 5. The summed E-state index contributed by atoms with van der Waals surface area (Å²) in [5, 5.41) is 7.59. The fraction of sp³-hybridized carbons (Fsp3) is 0.579. The van der Waals surface area contributed by atoms with E-state index >= 15 is 0 Å². The van der Waals surface area contributed by atoms with Crippen LogP contribution in [-0.4, -0.2) is 44.8 Å². The van der Waals surface area contributed by atoms with Crippen LogP contribution in [0.4, 0.5) is 5.82 Å². The van der Waals surface area contributed by atoms with Gasteiger partial charge in [0.1, 0.15) is 12.1 Å². The molecule has 1 atom stereocenters. The Bertz CT molecular complexity index is 814. The SMILES string of the molecule is Cc1cc(C)n(CCC(=O)NC2CCN(c3ncnc4c3CCC4)C2)n1. The van der Waals surface area contributed by atoms with Crippen molar-refractivity contribution >= 4 is 11.7 Å². The van der Waals surface area contributed by atoms with Gasteiger partial charge >= 0.3 is 0 Å². The van der Waals surface area contributed by atoms with E-state index in [0.717, 1.165) is 49.6 Å². The molecule has 138 valence electrons. The predicted octanol–water partition coefficient (Wildman–Crippen LogP) is 1.56. The zero-order valence-electron chi connectivity index (χ0n) is 15.5. The highest BCUT2D eigenvalue weighted by Crippen LogP contribution is 2.29. The van der Waals surface area contributed by atoms with Gasteiger partial charge in [0.25, 0.3) is 0 Å². The van der Waals surface area contributed by atoms with Gasteiger partial charge in [-0.25, -0.2) is 9.97 Å². The Labute approximate surface area is 153 Å². The molecule has 7 nitrogen and oxygen atoms in total. The maximum atomic E-state index is 12.3. The number of aromatic nitrogens is 4. The first-order valence-corrected chi connectivity index (χ1v) is 9.48. The third-order valence-corrected chi connectivity index (χ3v) is 5.36. The zero-order chi connectivity index (χ0) is 18.1. The lowest BCUT2D eigenvalue weighted by atomic mass is 10.2. The van der Waals surface area contributed by atoms with Crippen molar-refractivity contribution in [3.63, 3.8) is 0 Å². The van der Waals surface area contributed by atoms with Crippen LogP contribution in [0.25, 0.3) is 0 Å². The highest BCUT2D eigenvalue weighted by Gasteiger charge is 2.28. The Morgan fingerprint density at radius 2 is 2.19 bits per heavy atom. The fourth-order valence-electron chi connectivity index (χ4n) is 4.09. The van der Waals surface area contributed by atoms with E-state index in [1.807, 2.05) is 24.6 Å². The minimum absolute atomic E-state index is 0.0947. The van der Waals surface area contributed by atoms with E-state index in [2.05, 4.69) is 25.3 Å². The van der Waals surface area contributed by atoms with Gasteiger partial charge < -0.3 is 10.2 Å². The molecule has 3 heterocycles. The number of nitrogens with one attached hydrogen (secondary N) is 1. The standard InChI is InChI=1S/C19H26N6O/c1-13-10-14(2)25(23-13)9-7-18(26)22-15-6-8-24(11-15)19-16-4-3-5-17(16)20-12-21-19/h10,12,15H,3-9,11H2,1-2H3,(H,22,26). The van der Waals surface area contributed by atoms with Crippen molar-refractivity contribution in [2.75, 3.05) is 18.0 Å². The first kappa shape index (κ1) is 17.0. The summed E-state index contributed by atoms with van der Waals surface area (Å²) in [5.74, 6) is 1.17. The normalized spacial score (nSPS) is 19.0. The molecule has 2 aromatic heterocycles. The Morgan fingerprint density at radius 1 is 1.31 bits per heavy atom. The Hall–Kier alpha value is -2.44. The lowest BCUT2D eigenvalue weighted by Gasteiger charge is -2.20. The second-order valence-electron chi connectivity index (χ2n) is 7.38. The third-order valence-electron chi connectivity index (χ3n) is 5.36. The first-order chi connectivity index (χ1) is 12.6. The van der Waals surface area contributed by atoms with Crippen molar-refractivity contribution < 1.29 is 4.79 Å². The quantitative estimate of drug-likeness (QED) is 0.882. The fourth-order valence-corrected chi connectivity index (χ4v) is 4.09. The number of carbonyl (C=O) groups excluding carboxylic acids is 1. The molecule has 2 aliphatic rings. The summed E-state index contributed by atoms with van der Waals surface area (Å²) < 4.78 is 1.90. The minimum Gasteiger partial charge on any atom is -0.354 e. The van der Waals surface area contributed by atoms with Gasteiger partial charge in [0.2, 0.25) is 5.91 Å². The molecule has 1 aliphatic heterocycles. The molecule has 1 amide bonds. The molecular formula is C19H26N6O. The summed E-state index contributed by atoms with van der Waals surface area (Å²) in [7, 11) is 0. The number of nitrogens with zero attached hydrogens (tertiary/aromatic N) is 5. The van der Waals surface area contributed by atoms with Crippen LogP contribution in [0.3, 0.4) is 0 Å². The third kappa shape index (κ3) is 3.43. The molecule has 0 saturated carbocycles. The van der Waals surface area contributed by atoms with E-state index in [0.29, 0.717) is 13.0 Å². The number of anilines is 1. The number of amides is 1. The molecule has 1 fully saturated rings.